The summed E-state index contributed by atoms with van der Waals surface area (Å²) >= 11 is 0. The molecule has 17 heavy (non-hydrogen) atoms. The Morgan fingerprint density at radius 3 is 2.00 bits per heavy atom. The normalized spacial score (nSPS) is 10.1. The molecular weight excluding hydrogens is 208 g/mol. The van der Waals surface area contributed by atoms with Crippen molar-refractivity contribution in [3.8, 4) is 12.3 Å². The van der Waals surface area contributed by atoms with Crippen molar-refractivity contribution < 1.29 is 4.79 Å². The van der Waals surface area contributed by atoms with Crippen LogP contribution < -0.4 is 0 Å². The Morgan fingerprint density at radius 1 is 0.882 bits per heavy atom. The highest BCUT2D eigenvalue weighted by atomic mass is 16.1. The van der Waals surface area contributed by atoms with Crippen LogP contribution in [0.5, 0.6) is 0 Å². The zero-order valence-electron chi connectivity index (χ0n) is 11.5. The van der Waals surface area contributed by atoms with Gasteiger partial charge in [0.1, 0.15) is 5.78 Å². The van der Waals surface area contributed by atoms with Crippen molar-refractivity contribution in [3.05, 3.63) is 0 Å². The number of carbonyl (C=O) groups excluding carboxylic acids is 1. The van der Waals surface area contributed by atoms with Gasteiger partial charge >= 0.3 is 0 Å². The lowest BCUT2D eigenvalue weighted by atomic mass is 10.0. The van der Waals surface area contributed by atoms with E-state index < -0.39 is 0 Å². The van der Waals surface area contributed by atoms with Crippen molar-refractivity contribution in [3.63, 3.8) is 0 Å². The van der Waals surface area contributed by atoms with E-state index in [1.54, 1.807) is 0 Å². The first kappa shape index (κ1) is 16.2. The summed E-state index contributed by atoms with van der Waals surface area (Å²) in [5, 5.41) is 0. The van der Waals surface area contributed by atoms with E-state index in [-0.39, 0.29) is 0 Å². The molecule has 1 nitrogen and oxygen atoms in total. The summed E-state index contributed by atoms with van der Waals surface area (Å²) in [5.41, 5.74) is 0. The summed E-state index contributed by atoms with van der Waals surface area (Å²) in [6, 6.07) is 0. The monoisotopic (exact) mass is 236 g/mol. The summed E-state index contributed by atoms with van der Waals surface area (Å²) in [7, 11) is 0. The van der Waals surface area contributed by atoms with E-state index in [2.05, 4.69) is 12.8 Å². The van der Waals surface area contributed by atoms with E-state index >= 15 is 0 Å². The number of unbranched alkanes of at least 4 members (excludes halogenated alkanes) is 8. The quantitative estimate of drug-likeness (QED) is 0.348. The van der Waals surface area contributed by atoms with Gasteiger partial charge in [-0.25, -0.2) is 0 Å². The number of carbonyl (C=O) groups is 1. The second kappa shape index (κ2) is 13.3. The highest BCUT2D eigenvalue weighted by Crippen LogP contribution is 2.10. The molecule has 0 heterocycles. The molecule has 0 rings (SSSR count). The van der Waals surface area contributed by atoms with Gasteiger partial charge < -0.3 is 0 Å². The number of rotatable bonds is 12. The average Bonchev–Trinajstić information content (AvgIpc) is 2.34. The number of hydrogen-bond acceptors (Lipinski definition) is 1. The predicted molar refractivity (Wildman–Crippen MR) is 74.9 cm³/mol. The molecule has 0 aromatic heterocycles. The fourth-order valence-corrected chi connectivity index (χ4v) is 1.93. The molecule has 0 aliphatic heterocycles. The molecule has 0 bridgehead atoms. The van der Waals surface area contributed by atoms with E-state index in [1.807, 2.05) is 0 Å². The first-order chi connectivity index (χ1) is 8.31. The summed E-state index contributed by atoms with van der Waals surface area (Å²) in [4.78, 5) is 11.4. The number of ketones is 1. The van der Waals surface area contributed by atoms with Gasteiger partial charge in [-0.3, -0.25) is 4.79 Å². The van der Waals surface area contributed by atoms with E-state index in [0.717, 1.165) is 38.5 Å². The average molecular weight is 236 g/mol. The van der Waals surface area contributed by atoms with Gasteiger partial charge in [-0.2, -0.15) is 0 Å². The van der Waals surface area contributed by atoms with Gasteiger partial charge in [0.05, 0.1) is 0 Å². The van der Waals surface area contributed by atoms with Crippen molar-refractivity contribution >= 4 is 5.78 Å². The third kappa shape index (κ3) is 13.2. The number of Topliss-reactive ketones (excluding diaryl/α,β-unsaturated/α-hetero) is 1. The highest BCUT2D eigenvalue weighted by molar-refractivity contribution is 5.78. The Morgan fingerprint density at radius 2 is 1.41 bits per heavy atom. The van der Waals surface area contributed by atoms with Gasteiger partial charge in [0.25, 0.3) is 0 Å². The first-order valence-corrected chi connectivity index (χ1v) is 7.26. The second-order valence-electron chi connectivity index (χ2n) is 4.82. The SMILES string of the molecule is C#CCCCCCCCCCC(=O)CCCC. The van der Waals surface area contributed by atoms with Gasteiger partial charge in [0, 0.05) is 19.3 Å². The highest BCUT2D eigenvalue weighted by Gasteiger charge is 2.00. The van der Waals surface area contributed by atoms with E-state index in [4.69, 9.17) is 6.42 Å². The van der Waals surface area contributed by atoms with Crippen LogP contribution in [0.2, 0.25) is 0 Å². The lowest BCUT2D eigenvalue weighted by Crippen LogP contribution is -1.96. The van der Waals surface area contributed by atoms with Gasteiger partial charge in [0.15, 0.2) is 0 Å². The second-order valence-corrected chi connectivity index (χ2v) is 4.82. The molecule has 0 aliphatic rings. The first-order valence-electron chi connectivity index (χ1n) is 7.26. The molecule has 0 spiro atoms. The van der Waals surface area contributed by atoms with E-state index in [9.17, 15) is 4.79 Å². The molecule has 0 aliphatic carbocycles. The van der Waals surface area contributed by atoms with Gasteiger partial charge in [0.2, 0.25) is 0 Å². The van der Waals surface area contributed by atoms with E-state index in [1.165, 1.54) is 38.5 Å². The minimum atomic E-state index is 0.459. The lowest BCUT2D eigenvalue weighted by Gasteiger charge is -2.01. The van der Waals surface area contributed by atoms with Gasteiger partial charge in [-0.05, 0) is 19.3 Å². The van der Waals surface area contributed by atoms with Crippen LogP contribution in [-0.4, -0.2) is 5.78 Å². The Hall–Kier alpha value is -0.770. The predicted octanol–water partition coefficient (Wildman–Crippen LogP) is 4.89. The molecule has 98 valence electrons. The Labute approximate surface area is 107 Å². The fourth-order valence-electron chi connectivity index (χ4n) is 1.93. The maximum Gasteiger partial charge on any atom is 0.132 e. The number of terminal acetylenes is 1. The summed E-state index contributed by atoms with van der Waals surface area (Å²) in [6.45, 7) is 2.13. The Kier molecular flexibility index (Phi) is 12.7. The van der Waals surface area contributed by atoms with Gasteiger partial charge in [-0.15, -0.1) is 12.3 Å². The molecular formula is C16H28O. The molecule has 0 unspecified atom stereocenters. The molecule has 0 radical (unpaired) electrons. The van der Waals surface area contributed by atoms with Crippen molar-refractivity contribution in [2.24, 2.45) is 0 Å². The van der Waals surface area contributed by atoms with Crippen LogP contribution in [0, 0.1) is 12.3 Å². The lowest BCUT2D eigenvalue weighted by molar-refractivity contribution is -0.119. The fraction of sp³-hybridized carbons (Fsp3) is 0.812. The minimum absolute atomic E-state index is 0.459. The molecule has 0 amide bonds. The van der Waals surface area contributed by atoms with Crippen LogP contribution >= 0.6 is 0 Å². The zero-order chi connectivity index (χ0) is 12.8. The smallest absolute Gasteiger partial charge is 0.132 e. The van der Waals surface area contributed by atoms with Crippen molar-refractivity contribution in [2.75, 3.05) is 0 Å². The van der Waals surface area contributed by atoms with Gasteiger partial charge in [-0.1, -0.05) is 45.4 Å². The number of hydrogen-bond donors (Lipinski definition) is 0. The molecule has 0 aromatic rings. The Balaban J connectivity index is 3.08. The summed E-state index contributed by atoms with van der Waals surface area (Å²) in [5.74, 6) is 3.13. The summed E-state index contributed by atoms with van der Waals surface area (Å²) in [6.07, 6.45) is 18.5. The molecule has 0 N–H and O–H groups in total. The molecule has 1 heteroatoms. The van der Waals surface area contributed by atoms with Crippen LogP contribution in [0.4, 0.5) is 0 Å². The third-order valence-electron chi connectivity index (χ3n) is 3.09. The summed E-state index contributed by atoms with van der Waals surface area (Å²) < 4.78 is 0. The Bertz CT molecular complexity index is 212. The largest absolute Gasteiger partial charge is 0.300 e. The third-order valence-corrected chi connectivity index (χ3v) is 3.09. The molecule has 0 fully saturated rings. The molecule has 0 saturated carbocycles. The van der Waals surface area contributed by atoms with Crippen molar-refractivity contribution in [1.29, 1.82) is 0 Å². The van der Waals surface area contributed by atoms with Crippen LogP contribution in [0.3, 0.4) is 0 Å². The zero-order valence-corrected chi connectivity index (χ0v) is 11.5. The molecule has 0 aromatic carbocycles. The standard InChI is InChI=1S/C16H28O/c1-3-5-7-8-9-10-11-12-13-15-16(17)14-6-4-2/h1H,4-15H2,2H3. The van der Waals surface area contributed by atoms with Crippen LogP contribution in [0.15, 0.2) is 0 Å². The molecule has 0 atom stereocenters. The van der Waals surface area contributed by atoms with Crippen LogP contribution in [0.1, 0.15) is 84.0 Å². The van der Waals surface area contributed by atoms with Crippen molar-refractivity contribution in [1.82, 2.24) is 0 Å². The molecule has 0 saturated heterocycles. The maximum atomic E-state index is 11.4. The van der Waals surface area contributed by atoms with Crippen LogP contribution in [0.25, 0.3) is 0 Å². The van der Waals surface area contributed by atoms with E-state index in [0.29, 0.717) is 5.78 Å². The van der Waals surface area contributed by atoms with Crippen molar-refractivity contribution in [2.45, 2.75) is 84.0 Å². The maximum absolute atomic E-state index is 11.4. The topological polar surface area (TPSA) is 17.1 Å². The van der Waals surface area contributed by atoms with Crippen LogP contribution in [-0.2, 0) is 4.79 Å². The minimum Gasteiger partial charge on any atom is -0.300 e.